The minimum absolute atomic E-state index is 0.295. The molecule has 7 nitrogen and oxygen atoms in total. The lowest BCUT2D eigenvalue weighted by Crippen LogP contribution is -2.44. The van der Waals surface area contributed by atoms with Crippen LogP contribution in [0.2, 0.25) is 0 Å². The predicted molar refractivity (Wildman–Crippen MR) is 68.7 cm³/mol. The molecule has 1 rings (SSSR count). The summed E-state index contributed by atoms with van der Waals surface area (Å²) in [5, 5.41) is 6.76. The van der Waals surface area contributed by atoms with E-state index in [1.165, 1.54) is 19.2 Å². The number of nitrogens with two attached hydrogens (primary N) is 1. The molecule has 0 aromatic carbocycles. The summed E-state index contributed by atoms with van der Waals surface area (Å²) in [6.45, 7) is 2.36. The first-order chi connectivity index (χ1) is 9.51. The van der Waals surface area contributed by atoms with E-state index in [9.17, 15) is 9.18 Å². The fourth-order valence-corrected chi connectivity index (χ4v) is 1.69. The summed E-state index contributed by atoms with van der Waals surface area (Å²) in [6, 6.07) is -0.526. The summed E-state index contributed by atoms with van der Waals surface area (Å²) in [5.74, 6) is -0.797. The van der Waals surface area contributed by atoms with Gasteiger partial charge in [0, 0.05) is 13.0 Å². The smallest absolute Gasteiger partial charge is 0.382 e. The van der Waals surface area contributed by atoms with Crippen LogP contribution >= 0.6 is 0 Å². The minimum atomic E-state index is -0.592. The van der Waals surface area contributed by atoms with E-state index < -0.39 is 18.1 Å². The second kappa shape index (κ2) is 7.71. The molecule has 8 heteroatoms. The van der Waals surface area contributed by atoms with E-state index in [2.05, 4.69) is 10.5 Å². The SMILES string of the molecule is COCCOC1C(NC(=O)N(C)N=[NH2+])=CC=C(F)C1C. The zero-order valence-corrected chi connectivity index (χ0v) is 11.8. The van der Waals surface area contributed by atoms with E-state index >= 15 is 0 Å². The summed E-state index contributed by atoms with van der Waals surface area (Å²) < 4.78 is 24.1. The van der Waals surface area contributed by atoms with Crippen molar-refractivity contribution in [3.8, 4) is 0 Å². The maximum absolute atomic E-state index is 13.6. The Hall–Kier alpha value is -1.80. The molecule has 0 aromatic heterocycles. The first-order valence-electron chi connectivity index (χ1n) is 6.14. The van der Waals surface area contributed by atoms with Gasteiger partial charge >= 0.3 is 6.03 Å². The number of nitrogens with zero attached hydrogens (tertiary/aromatic N) is 2. The van der Waals surface area contributed by atoms with E-state index in [0.717, 1.165) is 5.01 Å². The number of carbonyl (C=O) groups is 1. The molecule has 2 amide bonds. The van der Waals surface area contributed by atoms with Crippen LogP contribution in [0, 0.1) is 5.92 Å². The Morgan fingerprint density at radius 3 is 2.85 bits per heavy atom. The molecular weight excluding hydrogens is 267 g/mol. The van der Waals surface area contributed by atoms with Crippen LogP contribution in [0.25, 0.3) is 0 Å². The van der Waals surface area contributed by atoms with Crippen molar-refractivity contribution in [3.63, 3.8) is 0 Å². The highest BCUT2D eigenvalue weighted by Crippen LogP contribution is 2.27. The third kappa shape index (κ3) is 4.10. The van der Waals surface area contributed by atoms with Crippen molar-refractivity contribution in [1.29, 1.82) is 0 Å². The maximum Gasteiger partial charge on any atom is 0.432 e. The first-order valence-corrected chi connectivity index (χ1v) is 6.14. The van der Waals surface area contributed by atoms with Crippen LogP contribution in [0.4, 0.5) is 9.18 Å². The highest BCUT2D eigenvalue weighted by atomic mass is 19.1. The number of carbonyl (C=O) groups excluding carboxylic acids is 1. The van der Waals surface area contributed by atoms with Gasteiger partial charge in [-0.3, -0.25) is 5.32 Å². The van der Waals surface area contributed by atoms with Gasteiger partial charge in [-0.1, -0.05) is 11.9 Å². The molecule has 0 aromatic rings. The van der Waals surface area contributed by atoms with Gasteiger partial charge in [-0.05, 0) is 12.2 Å². The maximum atomic E-state index is 13.6. The molecule has 0 radical (unpaired) electrons. The van der Waals surface area contributed by atoms with Crippen molar-refractivity contribution in [2.75, 3.05) is 27.4 Å². The van der Waals surface area contributed by atoms with Crippen LogP contribution in [0.3, 0.4) is 0 Å². The molecular formula is C12H20FN4O3+. The number of rotatable bonds is 6. The van der Waals surface area contributed by atoms with Gasteiger partial charge in [-0.2, -0.15) is 5.53 Å². The number of allylic oxidation sites excluding steroid dienone is 2. The molecule has 1 aliphatic rings. The molecule has 2 atom stereocenters. The fourth-order valence-electron chi connectivity index (χ4n) is 1.69. The third-order valence-corrected chi connectivity index (χ3v) is 2.92. The zero-order chi connectivity index (χ0) is 15.1. The van der Waals surface area contributed by atoms with Crippen molar-refractivity contribution in [2.24, 2.45) is 11.1 Å². The van der Waals surface area contributed by atoms with Crippen molar-refractivity contribution < 1.29 is 24.2 Å². The Morgan fingerprint density at radius 1 is 1.55 bits per heavy atom. The van der Waals surface area contributed by atoms with Gasteiger partial charge < -0.3 is 9.47 Å². The number of urea groups is 1. The number of ether oxygens (including phenoxy) is 2. The molecule has 0 saturated heterocycles. The van der Waals surface area contributed by atoms with Crippen molar-refractivity contribution in [3.05, 3.63) is 23.7 Å². The third-order valence-electron chi connectivity index (χ3n) is 2.92. The molecule has 0 fully saturated rings. The summed E-state index contributed by atoms with van der Waals surface area (Å²) in [6.07, 6.45) is 2.18. The van der Waals surface area contributed by atoms with Crippen LogP contribution in [0.5, 0.6) is 0 Å². The van der Waals surface area contributed by atoms with Crippen molar-refractivity contribution >= 4 is 6.03 Å². The second-order valence-electron chi connectivity index (χ2n) is 4.32. The Kier molecular flexibility index (Phi) is 6.26. The van der Waals surface area contributed by atoms with Crippen molar-refractivity contribution in [1.82, 2.24) is 10.3 Å². The van der Waals surface area contributed by atoms with Crippen molar-refractivity contribution in [2.45, 2.75) is 13.0 Å². The molecule has 0 aliphatic heterocycles. The number of amides is 2. The molecule has 2 unspecified atom stereocenters. The topological polar surface area (TPSA) is 88.8 Å². The lowest BCUT2D eigenvalue weighted by Gasteiger charge is -2.28. The summed E-state index contributed by atoms with van der Waals surface area (Å²) in [4.78, 5) is 11.7. The van der Waals surface area contributed by atoms with E-state index in [1.54, 1.807) is 14.0 Å². The van der Waals surface area contributed by atoms with Crippen LogP contribution in [-0.4, -0.2) is 44.5 Å². The number of nitrogens with one attached hydrogen (secondary N) is 1. The van der Waals surface area contributed by atoms with E-state index in [4.69, 9.17) is 15.0 Å². The molecule has 0 saturated carbocycles. The number of hydrogen-bond acceptors (Lipinski definition) is 4. The average molecular weight is 287 g/mol. The Morgan fingerprint density at radius 2 is 2.25 bits per heavy atom. The highest BCUT2D eigenvalue weighted by molar-refractivity contribution is 5.75. The van der Waals surface area contributed by atoms with Gasteiger partial charge in [0.25, 0.3) is 0 Å². The van der Waals surface area contributed by atoms with Gasteiger partial charge in [0.1, 0.15) is 19.0 Å². The van der Waals surface area contributed by atoms with Crippen LogP contribution in [0.1, 0.15) is 6.92 Å². The minimum Gasteiger partial charge on any atom is -0.382 e. The number of halogens is 1. The van der Waals surface area contributed by atoms with E-state index in [1.807, 2.05) is 0 Å². The van der Waals surface area contributed by atoms with E-state index in [0.29, 0.717) is 18.9 Å². The molecule has 20 heavy (non-hydrogen) atoms. The quantitative estimate of drug-likeness (QED) is 0.415. The van der Waals surface area contributed by atoms with Crippen LogP contribution < -0.4 is 10.8 Å². The zero-order valence-electron chi connectivity index (χ0n) is 11.8. The Bertz CT molecular complexity index is 425. The molecule has 0 heterocycles. The summed E-state index contributed by atoms with van der Waals surface area (Å²) >= 11 is 0. The first kappa shape index (κ1) is 16.3. The van der Waals surface area contributed by atoms with Crippen LogP contribution in [0.15, 0.2) is 28.9 Å². The van der Waals surface area contributed by atoms with Gasteiger partial charge in [-0.15, -0.1) is 0 Å². The number of hydrogen-bond donors (Lipinski definition) is 2. The average Bonchev–Trinajstić information content (AvgIpc) is 2.45. The Balaban J connectivity index is 2.77. The fraction of sp³-hybridized carbons (Fsp3) is 0.583. The van der Waals surface area contributed by atoms with Crippen LogP contribution in [-0.2, 0) is 9.47 Å². The van der Waals surface area contributed by atoms with E-state index in [-0.39, 0.29) is 5.83 Å². The lowest BCUT2D eigenvalue weighted by molar-refractivity contribution is -0.248. The van der Waals surface area contributed by atoms with Gasteiger partial charge in [0.15, 0.2) is 0 Å². The van der Waals surface area contributed by atoms with Gasteiger partial charge in [-0.25, -0.2) is 9.18 Å². The molecule has 0 bridgehead atoms. The largest absolute Gasteiger partial charge is 0.432 e. The molecule has 112 valence electrons. The standard InChI is InChI=1S/C12H19FN4O3/c1-8-9(13)4-5-10(11(8)20-7-6-19-3)15-12(18)17(2)16-14/h4-5,8,11,14H,6-7H2,1-3H3,(H,15,18)/p+1. The highest BCUT2D eigenvalue weighted by Gasteiger charge is 2.31. The second-order valence-corrected chi connectivity index (χ2v) is 4.32. The number of methoxy groups -OCH3 is 1. The lowest BCUT2D eigenvalue weighted by atomic mass is 9.95. The van der Waals surface area contributed by atoms with Gasteiger partial charge in [0.05, 0.1) is 24.1 Å². The molecule has 1 aliphatic carbocycles. The predicted octanol–water partition coefficient (Wildman–Crippen LogP) is 0.173. The normalized spacial score (nSPS) is 21.8. The monoisotopic (exact) mass is 287 g/mol. The Labute approximate surface area is 116 Å². The summed E-state index contributed by atoms with van der Waals surface area (Å²) in [5.41, 5.74) is 5.47. The molecule has 0 spiro atoms. The molecule has 3 N–H and O–H groups in total. The summed E-state index contributed by atoms with van der Waals surface area (Å²) in [7, 11) is 2.95. The van der Waals surface area contributed by atoms with Gasteiger partial charge in [0.2, 0.25) is 0 Å².